The third-order valence-corrected chi connectivity index (χ3v) is 7.67. The molecule has 0 heterocycles. The Hall–Kier alpha value is -3.87. The fourth-order valence-electron chi connectivity index (χ4n) is 5.56. The van der Waals surface area contributed by atoms with Crippen LogP contribution in [0.15, 0.2) is 66.7 Å². The van der Waals surface area contributed by atoms with Crippen LogP contribution in [-0.4, -0.2) is 41.0 Å². The van der Waals surface area contributed by atoms with Gasteiger partial charge in [0.1, 0.15) is 17.7 Å². The molecule has 244 valence electrons. The third kappa shape index (κ3) is 11.5. The van der Waals surface area contributed by atoms with Gasteiger partial charge < -0.3 is 20.3 Å². The van der Waals surface area contributed by atoms with Crippen molar-refractivity contribution in [3.05, 3.63) is 77.9 Å². The molecular formula is C38H53N3O4. The van der Waals surface area contributed by atoms with Crippen molar-refractivity contribution in [1.29, 1.82) is 0 Å². The van der Waals surface area contributed by atoms with E-state index in [2.05, 4.69) is 17.6 Å². The van der Waals surface area contributed by atoms with Gasteiger partial charge in [-0.25, -0.2) is 4.79 Å². The Morgan fingerprint density at radius 2 is 1.53 bits per heavy atom. The number of hydrogen-bond donors (Lipinski definition) is 2. The maximum absolute atomic E-state index is 14.6. The number of unbranched alkanes of at least 4 members (excludes halogenated alkanes) is 5. The van der Waals surface area contributed by atoms with Crippen LogP contribution < -0.4 is 10.6 Å². The van der Waals surface area contributed by atoms with Gasteiger partial charge in [0.25, 0.3) is 5.91 Å². The van der Waals surface area contributed by atoms with Crippen LogP contribution in [0.25, 0.3) is 10.8 Å². The van der Waals surface area contributed by atoms with Crippen molar-refractivity contribution in [2.75, 3.05) is 11.9 Å². The Bertz CT molecular complexity index is 1410. The number of fused-ring (bicyclic) bond motifs is 1. The molecule has 2 atom stereocenters. The van der Waals surface area contributed by atoms with Gasteiger partial charge in [-0.3, -0.25) is 9.59 Å². The maximum atomic E-state index is 14.6. The lowest BCUT2D eigenvalue weighted by molar-refractivity contribution is -0.141. The number of carbonyl (C=O) groups is 3. The van der Waals surface area contributed by atoms with Crippen molar-refractivity contribution < 1.29 is 19.1 Å². The predicted octanol–water partition coefficient (Wildman–Crippen LogP) is 8.96. The molecule has 0 spiro atoms. The number of benzene rings is 3. The van der Waals surface area contributed by atoms with Gasteiger partial charge >= 0.3 is 6.09 Å². The minimum atomic E-state index is -0.894. The molecule has 0 fully saturated rings. The molecular weight excluding hydrogens is 562 g/mol. The number of ether oxygens (including phenoxy) is 1. The zero-order valence-electron chi connectivity index (χ0n) is 28.3. The van der Waals surface area contributed by atoms with Crippen LogP contribution in [0, 0.1) is 12.8 Å². The lowest BCUT2D eigenvalue weighted by Crippen LogP contribution is -2.53. The molecule has 0 radical (unpaired) electrons. The molecule has 0 aromatic heterocycles. The molecule has 2 N–H and O–H groups in total. The SMILES string of the molecule is CCCCCCCCN(C(=O)C(CC(C)C)NC(=O)OC(C)(C)C)C(C(=O)Nc1ccc2ccccc2c1)c1cccc(C)c1. The molecule has 0 aliphatic rings. The third-order valence-electron chi connectivity index (χ3n) is 7.67. The van der Waals surface area contributed by atoms with Crippen molar-refractivity contribution in [2.45, 2.75) is 111 Å². The molecule has 0 bridgehead atoms. The highest BCUT2D eigenvalue weighted by Crippen LogP contribution is 2.28. The quantitative estimate of drug-likeness (QED) is 0.167. The fourth-order valence-corrected chi connectivity index (χ4v) is 5.56. The second-order valence-corrected chi connectivity index (χ2v) is 13.5. The first-order valence-corrected chi connectivity index (χ1v) is 16.5. The van der Waals surface area contributed by atoms with Crippen LogP contribution in [0.1, 0.15) is 104 Å². The number of amides is 3. The summed E-state index contributed by atoms with van der Waals surface area (Å²) in [6.07, 6.45) is 6.02. The second-order valence-electron chi connectivity index (χ2n) is 13.5. The lowest BCUT2D eigenvalue weighted by atomic mass is 9.97. The summed E-state index contributed by atoms with van der Waals surface area (Å²) >= 11 is 0. The van der Waals surface area contributed by atoms with Gasteiger partial charge in [-0.15, -0.1) is 0 Å². The highest BCUT2D eigenvalue weighted by Gasteiger charge is 2.36. The van der Waals surface area contributed by atoms with E-state index in [0.717, 1.165) is 54.0 Å². The van der Waals surface area contributed by atoms with Gasteiger partial charge in [-0.1, -0.05) is 113 Å². The minimum Gasteiger partial charge on any atom is -0.444 e. The molecule has 0 aliphatic carbocycles. The van der Waals surface area contributed by atoms with E-state index in [-0.39, 0.29) is 17.7 Å². The summed E-state index contributed by atoms with van der Waals surface area (Å²) in [5, 5.41) is 8.05. The summed E-state index contributed by atoms with van der Waals surface area (Å²) in [4.78, 5) is 43.5. The topological polar surface area (TPSA) is 87.7 Å². The fraction of sp³-hybridized carbons (Fsp3) is 0.500. The lowest BCUT2D eigenvalue weighted by Gasteiger charge is -2.35. The number of nitrogens with zero attached hydrogens (tertiary/aromatic N) is 1. The first-order valence-electron chi connectivity index (χ1n) is 16.5. The van der Waals surface area contributed by atoms with E-state index in [1.807, 2.05) is 87.5 Å². The van der Waals surface area contributed by atoms with Crippen molar-refractivity contribution in [2.24, 2.45) is 5.92 Å². The molecule has 3 rings (SSSR count). The van der Waals surface area contributed by atoms with Crippen LogP contribution in [0.3, 0.4) is 0 Å². The predicted molar refractivity (Wildman–Crippen MR) is 184 cm³/mol. The van der Waals surface area contributed by atoms with Crippen molar-refractivity contribution >= 4 is 34.4 Å². The Morgan fingerprint density at radius 1 is 0.844 bits per heavy atom. The molecule has 0 aliphatic heterocycles. The molecule has 0 saturated carbocycles. The average molecular weight is 616 g/mol. The first kappa shape index (κ1) is 35.6. The van der Waals surface area contributed by atoms with Crippen LogP contribution in [0.4, 0.5) is 10.5 Å². The Morgan fingerprint density at radius 3 is 2.20 bits per heavy atom. The number of carbonyl (C=O) groups excluding carboxylic acids is 3. The average Bonchev–Trinajstić information content (AvgIpc) is 2.96. The summed E-state index contributed by atoms with van der Waals surface area (Å²) in [6.45, 7) is 14.0. The second kappa shape index (κ2) is 17.0. The summed E-state index contributed by atoms with van der Waals surface area (Å²) in [5.41, 5.74) is 1.67. The summed E-state index contributed by atoms with van der Waals surface area (Å²) in [7, 11) is 0. The highest BCUT2D eigenvalue weighted by atomic mass is 16.6. The van der Waals surface area contributed by atoms with Gasteiger partial charge in [0.05, 0.1) is 0 Å². The number of alkyl carbamates (subject to hydrolysis) is 1. The standard InChI is InChI=1S/C38H53N3O4/c1-8-9-10-11-12-15-23-41(36(43)33(24-27(2)3)40-37(44)45-38(5,6)7)34(31-20-16-17-28(4)25-31)35(42)39-32-22-21-29-18-13-14-19-30(29)26-32/h13-14,16-22,25-27,33-34H,8-12,15,23-24H2,1-7H3,(H,39,42)(H,40,44). The molecule has 3 aromatic carbocycles. The maximum Gasteiger partial charge on any atom is 0.408 e. The van der Waals surface area contributed by atoms with E-state index in [9.17, 15) is 14.4 Å². The first-order chi connectivity index (χ1) is 21.4. The Kier molecular flexibility index (Phi) is 13.4. The smallest absolute Gasteiger partial charge is 0.408 e. The van der Waals surface area contributed by atoms with Gasteiger partial charge in [0, 0.05) is 12.2 Å². The van der Waals surface area contributed by atoms with E-state index < -0.39 is 23.8 Å². The van der Waals surface area contributed by atoms with Crippen molar-refractivity contribution in [3.63, 3.8) is 0 Å². The van der Waals surface area contributed by atoms with E-state index in [1.54, 1.807) is 25.7 Å². The summed E-state index contributed by atoms with van der Waals surface area (Å²) in [6, 6.07) is 19.8. The van der Waals surface area contributed by atoms with Crippen LogP contribution in [-0.2, 0) is 14.3 Å². The van der Waals surface area contributed by atoms with E-state index in [4.69, 9.17) is 4.74 Å². The number of aryl methyl sites for hydroxylation is 1. The monoisotopic (exact) mass is 615 g/mol. The molecule has 7 heteroatoms. The number of hydrogen-bond acceptors (Lipinski definition) is 4. The molecule has 2 unspecified atom stereocenters. The summed E-state index contributed by atoms with van der Waals surface area (Å²) < 4.78 is 5.54. The molecule has 0 saturated heterocycles. The Balaban J connectivity index is 2.01. The number of rotatable bonds is 15. The van der Waals surface area contributed by atoms with Crippen LogP contribution in [0.2, 0.25) is 0 Å². The van der Waals surface area contributed by atoms with Crippen LogP contribution in [0.5, 0.6) is 0 Å². The highest BCUT2D eigenvalue weighted by molar-refractivity contribution is 6.00. The van der Waals surface area contributed by atoms with Gasteiger partial charge in [-0.05, 0) is 74.9 Å². The molecule has 3 aromatic rings. The van der Waals surface area contributed by atoms with E-state index >= 15 is 0 Å². The number of nitrogens with one attached hydrogen (secondary N) is 2. The molecule has 3 amide bonds. The van der Waals surface area contributed by atoms with Gasteiger partial charge in [0.15, 0.2) is 0 Å². The Labute approximate surface area is 270 Å². The van der Waals surface area contributed by atoms with Crippen molar-refractivity contribution in [3.8, 4) is 0 Å². The molecule has 7 nitrogen and oxygen atoms in total. The normalized spacial score (nSPS) is 12.9. The van der Waals surface area contributed by atoms with E-state index in [1.165, 1.54) is 6.42 Å². The largest absolute Gasteiger partial charge is 0.444 e. The van der Waals surface area contributed by atoms with Gasteiger partial charge in [-0.2, -0.15) is 0 Å². The zero-order valence-corrected chi connectivity index (χ0v) is 28.3. The minimum absolute atomic E-state index is 0.119. The number of anilines is 1. The summed E-state index contributed by atoms with van der Waals surface area (Å²) in [5.74, 6) is -0.465. The van der Waals surface area contributed by atoms with Gasteiger partial charge in [0.2, 0.25) is 5.91 Å². The molecule has 45 heavy (non-hydrogen) atoms. The zero-order chi connectivity index (χ0) is 33.0. The van der Waals surface area contributed by atoms with E-state index in [0.29, 0.717) is 18.7 Å². The van der Waals surface area contributed by atoms with Crippen molar-refractivity contribution in [1.82, 2.24) is 10.2 Å². The van der Waals surface area contributed by atoms with Crippen LogP contribution >= 0.6 is 0 Å².